The summed E-state index contributed by atoms with van der Waals surface area (Å²) in [4.78, 5) is 4.43. The van der Waals surface area contributed by atoms with E-state index in [0.29, 0.717) is 12.0 Å². The van der Waals surface area contributed by atoms with Gasteiger partial charge in [0.25, 0.3) is 0 Å². The van der Waals surface area contributed by atoms with Gasteiger partial charge in [0.15, 0.2) is 5.82 Å². The van der Waals surface area contributed by atoms with Gasteiger partial charge in [-0.1, -0.05) is 25.7 Å². The minimum Gasteiger partial charge on any atom is -0.366 e. The van der Waals surface area contributed by atoms with Crippen molar-refractivity contribution in [1.82, 2.24) is 15.2 Å². The number of rotatable bonds is 4. The molecule has 1 aromatic heterocycles. The fourth-order valence-electron chi connectivity index (χ4n) is 2.72. The molecule has 1 aliphatic carbocycles. The van der Waals surface area contributed by atoms with Gasteiger partial charge in [0.2, 0.25) is 5.95 Å². The average molecular weight is 301 g/mol. The molecule has 0 unspecified atom stereocenters. The molecule has 0 bridgehead atoms. The zero-order valence-electron chi connectivity index (χ0n) is 12.4. The third kappa shape index (κ3) is 4.13. The second kappa shape index (κ2) is 7.15. The first-order chi connectivity index (χ1) is 10.8. The molecule has 1 aromatic carbocycles. The SMILES string of the molecule is Fc1ccc(Nc2nncc(NC3CCCCCC3)n2)cc1. The molecule has 5 nitrogen and oxygen atoms in total. The zero-order valence-corrected chi connectivity index (χ0v) is 12.4. The van der Waals surface area contributed by atoms with Crippen LogP contribution in [0.25, 0.3) is 0 Å². The molecule has 6 heteroatoms. The number of hydrogen-bond acceptors (Lipinski definition) is 5. The zero-order chi connectivity index (χ0) is 15.2. The molecule has 1 fully saturated rings. The quantitative estimate of drug-likeness (QED) is 0.839. The van der Waals surface area contributed by atoms with Gasteiger partial charge in [-0.15, -0.1) is 5.10 Å². The van der Waals surface area contributed by atoms with Crippen molar-refractivity contribution in [3.8, 4) is 0 Å². The minimum absolute atomic E-state index is 0.270. The molecule has 1 heterocycles. The second-order valence-electron chi connectivity index (χ2n) is 5.63. The predicted molar refractivity (Wildman–Crippen MR) is 84.6 cm³/mol. The summed E-state index contributed by atoms with van der Waals surface area (Å²) in [5.41, 5.74) is 0.731. The number of hydrogen-bond donors (Lipinski definition) is 2. The lowest BCUT2D eigenvalue weighted by Gasteiger charge is -2.16. The molecule has 0 spiro atoms. The van der Waals surface area contributed by atoms with Crippen LogP contribution in [0.1, 0.15) is 38.5 Å². The molecule has 1 saturated carbocycles. The van der Waals surface area contributed by atoms with Gasteiger partial charge in [-0.3, -0.25) is 0 Å². The standard InChI is InChI=1S/C16H20FN5/c17-12-7-9-14(10-8-12)20-16-21-15(11-18-22-16)19-13-5-3-1-2-4-6-13/h7-11,13H,1-6H2,(H2,19,20,21,22). The third-order valence-corrected chi connectivity index (χ3v) is 3.87. The number of nitrogens with zero attached hydrogens (tertiary/aromatic N) is 3. The molecule has 0 atom stereocenters. The highest BCUT2D eigenvalue weighted by Gasteiger charge is 2.13. The number of benzene rings is 1. The lowest BCUT2D eigenvalue weighted by atomic mass is 10.1. The summed E-state index contributed by atoms with van der Waals surface area (Å²) in [6, 6.07) is 6.53. The van der Waals surface area contributed by atoms with Gasteiger partial charge in [0.05, 0.1) is 6.20 Å². The van der Waals surface area contributed by atoms with Crippen LogP contribution in [0.3, 0.4) is 0 Å². The number of aromatic nitrogens is 3. The van der Waals surface area contributed by atoms with Crippen LogP contribution in [-0.4, -0.2) is 21.2 Å². The van der Waals surface area contributed by atoms with E-state index in [9.17, 15) is 4.39 Å². The first-order valence-electron chi connectivity index (χ1n) is 7.78. The van der Waals surface area contributed by atoms with E-state index in [2.05, 4.69) is 25.8 Å². The Kier molecular flexibility index (Phi) is 4.78. The fourth-order valence-corrected chi connectivity index (χ4v) is 2.72. The van der Waals surface area contributed by atoms with Crippen LogP contribution < -0.4 is 10.6 Å². The molecule has 1 aliphatic rings. The summed E-state index contributed by atoms with van der Waals surface area (Å²) in [6.45, 7) is 0. The highest BCUT2D eigenvalue weighted by molar-refractivity contribution is 5.53. The molecule has 0 amide bonds. The number of anilines is 3. The smallest absolute Gasteiger partial charge is 0.249 e. The van der Waals surface area contributed by atoms with Gasteiger partial charge in [0, 0.05) is 11.7 Å². The fraction of sp³-hybridized carbons (Fsp3) is 0.438. The van der Waals surface area contributed by atoms with Gasteiger partial charge in [-0.25, -0.2) is 4.39 Å². The lowest BCUT2D eigenvalue weighted by molar-refractivity contribution is 0.617. The maximum Gasteiger partial charge on any atom is 0.249 e. The highest BCUT2D eigenvalue weighted by Crippen LogP contribution is 2.20. The van der Waals surface area contributed by atoms with E-state index < -0.39 is 0 Å². The molecule has 3 rings (SSSR count). The molecule has 22 heavy (non-hydrogen) atoms. The maximum atomic E-state index is 12.9. The molecule has 2 aromatic rings. The van der Waals surface area contributed by atoms with Crippen LogP contribution in [0, 0.1) is 5.82 Å². The lowest BCUT2D eigenvalue weighted by Crippen LogP contribution is -2.19. The van der Waals surface area contributed by atoms with Gasteiger partial charge in [0.1, 0.15) is 5.82 Å². The van der Waals surface area contributed by atoms with Crippen molar-refractivity contribution in [2.75, 3.05) is 10.6 Å². The Morgan fingerprint density at radius 1 is 1.00 bits per heavy atom. The third-order valence-electron chi connectivity index (χ3n) is 3.87. The summed E-state index contributed by atoms with van der Waals surface area (Å²) < 4.78 is 12.9. The molecular weight excluding hydrogens is 281 g/mol. The average Bonchev–Trinajstić information content (AvgIpc) is 2.79. The summed E-state index contributed by atoms with van der Waals surface area (Å²) in [5.74, 6) is 0.866. The summed E-state index contributed by atoms with van der Waals surface area (Å²) in [7, 11) is 0. The van der Waals surface area contributed by atoms with Crippen molar-refractivity contribution in [1.29, 1.82) is 0 Å². The second-order valence-corrected chi connectivity index (χ2v) is 5.63. The minimum atomic E-state index is -0.270. The van der Waals surface area contributed by atoms with Crippen LogP contribution in [0.5, 0.6) is 0 Å². The highest BCUT2D eigenvalue weighted by atomic mass is 19.1. The Bertz CT molecular complexity index is 594. The van der Waals surface area contributed by atoms with E-state index in [0.717, 1.165) is 11.5 Å². The van der Waals surface area contributed by atoms with Crippen LogP contribution in [-0.2, 0) is 0 Å². The summed E-state index contributed by atoms with van der Waals surface area (Å²) in [6.07, 6.45) is 9.14. The first kappa shape index (κ1) is 14.7. The van der Waals surface area contributed by atoms with Crippen LogP contribution in [0.15, 0.2) is 30.5 Å². The van der Waals surface area contributed by atoms with E-state index in [1.807, 2.05) is 0 Å². The normalized spacial score (nSPS) is 16.0. The van der Waals surface area contributed by atoms with Crippen molar-refractivity contribution < 1.29 is 4.39 Å². The van der Waals surface area contributed by atoms with Gasteiger partial charge in [-0.2, -0.15) is 10.1 Å². The Hall–Kier alpha value is -2.24. The number of halogens is 1. The van der Waals surface area contributed by atoms with E-state index in [-0.39, 0.29) is 5.82 Å². The molecule has 0 saturated heterocycles. The number of nitrogens with one attached hydrogen (secondary N) is 2. The summed E-state index contributed by atoms with van der Waals surface area (Å²) >= 11 is 0. The van der Waals surface area contributed by atoms with Crippen LogP contribution >= 0.6 is 0 Å². The van der Waals surface area contributed by atoms with E-state index >= 15 is 0 Å². The monoisotopic (exact) mass is 301 g/mol. The largest absolute Gasteiger partial charge is 0.366 e. The molecule has 2 N–H and O–H groups in total. The Morgan fingerprint density at radius 2 is 1.73 bits per heavy atom. The van der Waals surface area contributed by atoms with Crippen molar-refractivity contribution in [2.45, 2.75) is 44.6 Å². The first-order valence-corrected chi connectivity index (χ1v) is 7.78. The predicted octanol–water partition coefficient (Wildman–Crippen LogP) is 3.89. The van der Waals surface area contributed by atoms with Crippen LogP contribution in [0.2, 0.25) is 0 Å². The topological polar surface area (TPSA) is 62.7 Å². The van der Waals surface area contributed by atoms with E-state index in [4.69, 9.17) is 0 Å². The van der Waals surface area contributed by atoms with Gasteiger partial charge < -0.3 is 10.6 Å². The van der Waals surface area contributed by atoms with Crippen LogP contribution in [0.4, 0.5) is 21.8 Å². The van der Waals surface area contributed by atoms with Crippen molar-refractivity contribution >= 4 is 17.5 Å². The van der Waals surface area contributed by atoms with E-state index in [1.165, 1.54) is 50.7 Å². The summed E-state index contributed by atoms with van der Waals surface area (Å²) in [5, 5.41) is 14.4. The maximum absolute atomic E-state index is 12.9. The van der Waals surface area contributed by atoms with Crippen molar-refractivity contribution in [3.05, 3.63) is 36.3 Å². The molecule has 116 valence electrons. The van der Waals surface area contributed by atoms with Gasteiger partial charge in [-0.05, 0) is 37.1 Å². The van der Waals surface area contributed by atoms with Crippen molar-refractivity contribution in [2.24, 2.45) is 0 Å². The molecule has 0 aliphatic heterocycles. The molecular formula is C16H20FN5. The molecule has 0 radical (unpaired) electrons. The van der Waals surface area contributed by atoms with Crippen molar-refractivity contribution in [3.63, 3.8) is 0 Å². The Labute approximate surface area is 129 Å². The Balaban J connectivity index is 1.65. The van der Waals surface area contributed by atoms with Gasteiger partial charge >= 0.3 is 0 Å². The van der Waals surface area contributed by atoms with E-state index in [1.54, 1.807) is 18.3 Å². The Morgan fingerprint density at radius 3 is 2.45 bits per heavy atom.